The molecule has 0 heterocycles. The number of rotatable bonds is 3. The molecule has 0 aromatic carbocycles. The monoisotopic (exact) mass is 346 g/mol. The highest BCUT2D eigenvalue weighted by atomic mass is 19.4. The van der Waals surface area contributed by atoms with Crippen LogP contribution in [0.5, 0.6) is 0 Å². The summed E-state index contributed by atoms with van der Waals surface area (Å²) in [6, 6.07) is 0. The van der Waals surface area contributed by atoms with Crippen molar-refractivity contribution in [2.45, 2.75) is 71.3 Å². The Morgan fingerprint density at radius 3 is 1.78 bits per heavy atom. The lowest BCUT2D eigenvalue weighted by Gasteiger charge is -2.51. The van der Waals surface area contributed by atoms with Crippen LogP contribution in [0.1, 0.15) is 53.4 Å². The Bertz CT molecular complexity index is 452. The van der Waals surface area contributed by atoms with Crippen molar-refractivity contribution in [3.05, 3.63) is 0 Å². The Labute approximate surface area is 132 Å². The largest absolute Gasteiger partial charge is 0.426 e. The second kappa shape index (κ2) is 5.02. The molecule has 0 amide bonds. The number of hydrogen-bond acceptors (Lipinski definition) is 1. The van der Waals surface area contributed by atoms with Crippen LogP contribution in [-0.4, -0.2) is 23.1 Å². The molecule has 2 bridgehead atoms. The molecule has 0 aliphatic heterocycles. The van der Waals surface area contributed by atoms with Crippen LogP contribution in [0.15, 0.2) is 0 Å². The molecule has 4 atom stereocenters. The summed E-state index contributed by atoms with van der Waals surface area (Å²) in [6.07, 6.45) is -10.2. The quantitative estimate of drug-likeness (QED) is 0.685. The molecule has 2 aliphatic rings. The van der Waals surface area contributed by atoms with Crippen molar-refractivity contribution >= 4 is 0 Å². The molecule has 136 valence electrons. The first-order valence-corrected chi connectivity index (χ1v) is 7.97. The van der Waals surface area contributed by atoms with E-state index in [-0.39, 0.29) is 23.2 Å². The van der Waals surface area contributed by atoms with Crippen molar-refractivity contribution in [1.29, 1.82) is 0 Å². The molecule has 0 saturated heterocycles. The predicted octanol–water partition coefficient (Wildman–Crippen LogP) is 5.33. The molecule has 7 heteroatoms. The van der Waals surface area contributed by atoms with E-state index >= 15 is 0 Å². The van der Waals surface area contributed by atoms with Crippen molar-refractivity contribution in [2.24, 2.45) is 28.6 Å². The van der Waals surface area contributed by atoms with Crippen LogP contribution < -0.4 is 0 Å². The zero-order valence-corrected chi connectivity index (χ0v) is 13.8. The molecule has 2 rings (SSSR count). The van der Waals surface area contributed by atoms with Crippen molar-refractivity contribution in [2.75, 3.05) is 0 Å². The zero-order valence-electron chi connectivity index (χ0n) is 13.8. The van der Waals surface area contributed by atoms with Gasteiger partial charge >= 0.3 is 12.4 Å². The van der Waals surface area contributed by atoms with Crippen molar-refractivity contribution < 1.29 is 31.4 Å². The van der Waals surface area contributed by atoms with Gasteiger partial charge in [0, 0.05) is 5.92 Å². The smallest absolute Gasteiger partial charge is 0.373 e. The molecular weight excluding hydrogens is 322 g/mol. The first-order valence-electron chi connectivity index (χ1n) is 7.97. The molecule has 23 heavy (non-hydrogen) atoms. The first kappa shape index (κ1) is 18.9. The van der Waals surface area contributed by atoms with E-state index < -0.39 is 29.8 Å². The molecule has 0 radical (unpaired) electrons. The third-order valence-electron chi connectivity index (χ3n) is 7.11. The van der Waals surface area contributed by atoms with Gasteiger partial charge in [0.1, 0.15) is 0 Å². The van der Waals surface area contributed by atoms with E-state index in [0.29, 0.717) is 12.8 Å². The number of fused-ring (bicyclic) bond motifs is 2. The van der Waals surface area contributed by atoms with Crippen molar-refractivity contribution in [1.82, 2.24) is 0 Å². The number of hydrogen-bond donors (Lipinski definition) is 1. The van der Waals surface area contributed by atoms with Gasteiger partial charge in [-0.05, 0) is 41.9 Å². The molecule has 1 nitrogen and oxygen atoms in total. The fourth-order valence-corrected chi connectivity index (χ4v) is 4.91. The normalized spacial score (nSPS) is 35.9. The van der Waals surface area contributed by atoms with Crippen LogP contribution in [0.25, 0.3) is 0 Å². The molecule has 2 fully saturated rings. The van der Waals surface area contributed by atoms with E-state index in [9.17, 15) is 31.4 Å². The van der Waals surface area contributed by atoms with Gasteiger partial charge in [-0.2, -0.15) is 26.3 Å². The van der Waals surface area contributed by atoms with Crippen LogP contribution in [-0.2, 0) is 0 Å². The second-order valence-corrected chi connectivity index (χ2v) is 8.16. The standard InChI is InChI=1S/C16H24F6O/c1-5-12(2,3)13(4)8-9-6-10(13)7-11(9)14(23,15(17,18)19)16(20,21)22/h9-11,23H,5-8H2,1-4H3. The number of halogens is 6. The Balaban J connectivity index is 2.35. The molecule has 2 aliphatic carbocycles. The van der Waals surface area contributed by atoms with Gasteiger partial charge < -0.3 is 5.11 Å². The maximum atomic E-state index is 13.1. The summed E-state index contributed by atoms with van der Waals surface area (Å²) in [5.41, 5.74) is -5.05. The average molecular weight is 346 g/mol. The number of alkyl halides is 6. The van der Waals surface area contributed by atoms with Gasteiger partial charge in [0.25, 0.3) is 5.60 Å². The molecule has 0 aromatic rings. The zero-order chi connectivity index (χ0) is 18.1. The second-order valence-electron chi connectivity index (χ2n) is 8.16. The van der Waals surface area contributed by atoms with Crippen molar-refractivity contribution in [3.8, 4) is 0 Å². The summed E-state index contributed by atoms with van der Waals surface area (Å²) in [5.74, 6) is -2.76. The van der Waals surface area contributed by atoms with E-state index in [1.807, 2.05) is 27.7 Å². The lowest BCUT2D eigenvalue weighted by atomic mass is 9.55. The Morgan fingerprint density at radius 2 is 1.48 bits per heavy atom. The van der Waals surface area contributed by atoms with Gasteiger partial charge in [0.05, 0.1) is 0 Å². The van der Waals surface area contributed by atoms with Crippen molar-refractivity contribution in [3.63, 3.8) is 0 Å². The minimum atomic E-state index is -5.71. The topological polar surface area (TPSA) is 20.2 Å². The minimum absolute atomic E-state index is 0.161. The maximum Gasteiger partial charge on any atom is 0.426 e. The fourth-order valence-electron chi connectivity index (χ4n) is 4.91. The van der Waals surface area contributed by atoms with Gasteiger partial charge in [-0.25, -0.2) is 0 Å². The van der Waals surface area contributed by atoms with E-state index in [2.05, 4.69) is 0 Å². The molecule has 1 N–H and O–H groups in total. The van der Waals surface area contributed by atoms with Crippen LogP contribution in [0.4, 0.5) is 26.3 Å². The SMILES string of the molecule is CCC(C)(C)C1(C)CC2CC1CC2C(O)(C(F)(F)F)C(F)(F)F. The lowest BCUT2D eigenvalue weighted by molar-refractivity contribution is -0.390. The molecule has 4 unspecified atom stereocenters. The maximum absolute atomic E-state index is 13.1. The van der Waals surface area contributed by atoms with E-state index in [1.165, 1.54) is 0 Å². The van der Waals surface area contributed by atoms with Crippen LogP contribution in [0, 0.1) is 28.6 Å². The third kappa shape index (κ3) is 2.40. The van der Waals surface area contributed by atoms with E-state index in [0.717, 1.165) is 6.42 Å². The van der Waals surface area contributed by atoms with E-state index in [1.54, 1.807) is 0 Å². The van der Waals surface area contributed by atoms with Gasteiger partial charge in [-0.1, -0.05) is 34.1 Å². The predicted molar refractivity (Wildman–Crippen MR) is 73.6 cm³/mol. The van der Waals surface area contributed by atoms with Gasteiger partial charge in [0.2, 0.25) is 0 Å². The summed E-state index contributed by atoms with van der Waals surface area (Å²) in [4.78, 5) is 0. The highest BCUT2D eigenvalue weighted by molar-refractivity contribution is 5.13. The Hall–Kier alpha value is -0.460. The van der Waals surface area contributed by atoms with Crippen LogP contribution in [0.3, 0.4) is 0 Å². The molecule has 2 saturated carbocycles. The highest BCUT2D eigenvalue weighted by Gasteiger charge is 2.77. The van der Waals surface area contributed by atoms with Crippen LogP contribution in [0.2, 0.25) is 0 Å². The molecular formula is C16H24F6O. The van der Waals surface area contributed by atoms with Gasteiger partial charge in [-0.15, -0.1) is 0 Å². The minimum Gasteiger partial charge on any atom is -0.373 e. The molecule has 0 aromatic heterocycles. The van der Waals surface area contributed by atoms with Gasteiger partial charge in [-0.3, -0.25) is 0 Å². The summed E-state index contributed by atoms with van der Waals surface area (Å²) in [5, 5.41) is 9.69. The number of aliphatic hydroxyl groups is 1. The van der Waals surface area contributed by atoms with E-state index in [4.69, 9.17) is 0 Å². The Morgan fingerprint density at radius 1 is 1.00 bits per heavy atom. The fraction of sp³-hybridized carbons (Fsp3) is 1.00. The highest BCUT2D eigenvalue weighted by Crippen LogP contribution is 2.69. The lowest BCUT2D eigenvalue weighted by Crippen LogP contribution is -2.63. The summed E-state index contributed by atoms with van der Waals surface area (Å²) >= 11 is 0. The third-order valence-corrected chi connectivity index (χ3v) is 7.11. The summed E-state index contributed by atoms with van der Waals surface area (Å²) in [6.45, 7) is 7.99. The molecule has 0 spiro atoms. The summed E-state index contributed by atoms with van der Waals surface area (Å²) < 4.78 is 78.6. The average Bonchev–Trinajstić information content (AvgIpc) is 2.92. The Kier molecular flexibility index (Phi) is 4.12. The summed E-state index contributed by atoms with van der Waals surface area (Å²) in [7, 11) is 0. The first-order chi connectivity index (χ1) is 10.1. The van der Waals surface area contributed by atoms with Crippen LogP contribution >= 0.6 is 0 Å². The van der Waals surface area contributed by atoms with Gasteiger partial charge in [0.15, 0.2) is 0 Å².